The molecule has 0 bridgehead atoms. The third kappa shape index (κ3) is 4.03. The lowest BCUT2D eigenvalue weighted by Gasteiger charge is -2.35. The molecule has 8 nitrogen and oxygen atoms in total. The van der Waals surface area contributed by atoms with Crippen molar-refractivity contribution in [2.45, 2.75) is 0 Å². The summed E-state index contributed by atoms with van der Waals surface area (Å²) in [6.07, 6.45) is 5.10. The summed E-state index contributed by atoms with van der Waals surface area (Å²) in [5.74, 6) is 1.29. The lowest BCUT2D eigenvalue weighted by Crippen LogP contribution is -2.47. The molecule has 1 aromatic carbocycles. The Morgan fingerprint density at radius 2 is 1.78 bits per heavy atom. The molecule has 4 rings (SSSR count). The summed E-state index contributed by atoms with van der Waals surface area (Å²) in [7, 11) is 0. The minimum absolute atomic E-state index is 0.0309. The van der Waals surface area contributed by atoms with E-state index in [4.69, 9.17) is 11.6 Å². The minimum Gasteiger partial charge on any atom is -0.352 e. The Morgan fingerprint density at radius 3 is 2.52 bits per heavy atom. The van der Waals surface area contributed by atoms with Gasteiger partial charge < -0.3 is 15.1 Å². The van der Waals surface area contributed by atoms with E-state index in [1.807, 2.05) is 0 Å². The third-order valence-corrected chi connectivity index (χ3v) is 4.45. The van der Waals surface area contributed by atoms with Crippen LogP contribution in [-0.2, 0) is 0 Å². The van der Waals surface area contributed by atoms with Gasteiger partial charge in [0.05, 0.1) is 11.2 Å². The van der Waals surface area contributed by atoms with Gasteiger partial charge in [-0.15, -0.1) is 5.10 Å². The first kappa shape index (κ1) is 17.3. The van der Waals surface area contributed by atoms with Gasteiger partial charge >= 0.3 is 0 Å². The molecule has 1 aliphatic rings. The maximum atomic E-state index is 13.3. The average molecular weight is 387 g/mol. The van der Waals surface area contributed by atoms with Gasteiger partial charge in [0, 0.05) is 44.3 Å². The Balaban J connectivity index is 1.43. The van der Waals surface area contributed by atoms with Crippen molar-refractivity contribution in [3.05, 3.63) is 53.7 Å². The molecule has 138 valence electrons. The zero-order valence-electron chi connectivity index (χ0n) is 14.3. The Hall–Kier alpha value is -3.07. The first-order valence-electron chi connectivity index (χ1n) is 8.38. The average Bonchev–Trinajstić information content (AvgIpc) is 2.72. The van der Waals surface area contributed by atoms with E-state index in [1.54, 1.807) is 30.7 Å². The lowest BCUT2D eigenvalue weighted by atomic mass is 10.3. The van der Waals surface area contributed by atoms with Crippen LogP contribution in [0, 0.1) is 5.82 Å². The highest BCUT2D eigenvalue weighted by Gasteiger charge is 2.20. The highest BCUT2D eigenvalue weighted by Crippen LogP contribution is 2.22. The number of aromatic nitrogens is 5. The van der Waals surface area contributed by atoms with E-state index in [2.05, 4.69) is 40.3 Å². The summed E-state index contributed by atoms with van der Waals surface area (Å²) < 4.78 is 13.3. The van der Waals surface area contributed by atoms with Gasteiger partial charge in [-0.25, -0.2) is 14.4 Å². The van der Waals surface area contributed by atoms with Crippen LogP contribution in [0.3, 0.4) is 0 Å². The fraction of sp³-hybridized carbons (Fsp3) is 0.235. The standard InChI is InChI=1S/C17H16ClFN8/c18-13-10-12(2-3-14(13)19)23-16-24-15(11-22-25-16)26-6-8-27(9-7-26)17-20-4-1-5-21-17/h1-5,10-11H,6-9H2,(H,23,24,25). The van der Waals surface area contributed by atoms with E-state index < -0.39 is 5.82 Å². The summed E-state index contributed by atoms with van der Waals surface area (Å²) in [5, 5.41) is 11.0. The number of piperazine rings is 1. The van der Waals surface area contributed by atoms with Crippen LogP contribution in [0.1, 0.15) is 0 Å². The topological polar surface area (TPSA) is 83.0 Å². The van der Waals surface area contributed by atoms with Crippen molar-refractivity contribution >= 4 is 35.0 Å². The number of nitrogens with one attached hydrogen (secondary N) is 1. The number of benzene rings is 1. The number of hydrogen-bond donors (Lipinski definition) is 1. The third-order valence-electron chi connectivity index (χ3n) is 4.16. The molecule has 0 saturated carbocycles. The molecule has 0 amide bonds. The summed E-state index contributed by atoms with van der Waals surface area (Å²) in [6, 6.07) is 6.13. The zero-order chi connectivity index (χ0) is 18.6. The number of anilines is 4. The van der Waals surface area contributed by atoms with E-state index in [0.717, 1.165) is 32.1 Å². The molecule has 2 aromatic heterocycles. The summed E-state index contributed by atoms with van der Waals surface area (Å²) in [4.78, 5) is 17.3. The number of nitrogens with zero attached hydrogens (tertiary/aromatic N) is 7. The molecule has 10 heteroatoms. The predicted molar refractivity (Wildman–Crippen MR) is 101 cm³/mol. The lowest BCUT2D eigenvalue weighted by molar-refractivity contribution is 0.628. The highest BCUT2D eigenvalue weighted by atomic mass is 35.5. The van der Waals surface area contributed by atoms with Gasteiger partial charge in [-0.05, 0) is 24.3 Å². The quantitative estimate of drug-likeness (QED) is 0.732. The maximum Gasteiger partial charge on any atom is 0.249 e. The molecule has 3 aromatic rings. The molecule has 1 N–H and O–H groups in total. The summed E-state index contributed by atoms with van der Waals surface area (Å²) in [5.41, 5.74) is 0.589. The summed E-state index contributed by atoms with van der Waals surface area (Å²) >= 11 is 5.80. The van der Waals surface area contributed by atoms with Gasteiger partial charge in [0.1, 0.15) is 5.82 Å². The molecule has 0 aliphatic carbocycles. The predicted octanol–water partition coefficient (Wildman–Crippen LogP) is 2.52. The molecule has 27 heavy (non-hydrogen) atoms. The highest BCUT2D eigenvalue weighted by molar-refractivity contribution is 6.31. The molecule has 3 heterocycles. The first-order chi connectivity index (χ1) is 13.2. The zero-order valence-corrected chi connectivity index (χ0v) is 15.0. The number of rotatable bonds is 4. The van der Waals surface area contributed by atoms with Gasteiger partial charge in [0.2, 0.25) is 11.9 Å². The molecule has 1 saturated heterocycles. The second-order valence-electron chi connectivity index (χ2n) is 5.91. The second-order valence-corrected chi connectivity index (χ2v) is 6.32. The SMILES string of the molecule is Fc1ccc(Nc2nncc(N3CCN(c4ncccn4)CC3)n2)cc1Cl. The van der Waals surface area contributed by atoms with Gasteiger partial charge in [0.15, 0.2) is 5.82 Å². The Kier molecular flexibility index (Phi) is 4.93. The van der Waals surface area contributed by atoms with Crippen molar-refractivity contribution < 1.29 is 4.39 Å². The van der Waals surface area contributed by atoms with Crippen molar-refractivity contribution in [3.8, 4) is 0 Å². The van der Waals surface area contributed by atoms with Gasteiger partial charge in [-0.3, -0.25) is 0 Å². The smallest absolute Gasteiger partial charge is 0.249 e. The van der Waals surface area contributed by atoms with Crippen molar-refractivity contribution in [3.63, 3.8) is 0 Å². The van der Waals surface area contributed by atoms with Crippen LogP contribution in [0.2, 0.25) is 5.02 Å². The normalized spacial score (nSPS) is 14.3. The van der Waals surface area contributed by atoms with Crippen molar-refractivity contribution in [1.82, 2.24) is 25.1 Å². The number of halogens is 2. The van der Waals surface area contributed by atoms with E-state index in [1.165, 1.54) is 12.1 Å². The molecular formula is C17H16ClFN8. The fourth-order valence-corrected chi connectivity index (χ4v) is 2.97. The second kappa shape index (κ2) is 7.67. The molecule has 1 fully saturated rings. The van der Waals surface area contributed by atoms with Crippen molar-refractivity contribution in [1.29, 1.82) is 0 Å². The van der Waals surface area contributed by atoms with Gasteiger partial charge in [0.25, 0.3) is 0 Å². The van der Waals surface area contributed by atoms with Crippen LogP contribution in [-0.4, -0.2) is 51.3 Å². The van der Waals surface area contributed by atoms with E-state index in [-0.39, 0.29) is 5.02 Å². The van der Waals surface area contributed by atoms with E-state index >= 15 is 0 Å². The van der Waals surface area contributed by atoms with Crippen LogP contribution >= 0.6 is 11.6 Å². The van der Waals surface area contributed by atoms with Crippen molar-refractivity contribution in [2.75, 3.05) is 41.3 Å². The molecular weight excluding hydrogens is 371 g/mol. The minimum atomic E-state index is -0.477. The molecule has 0 radical (unpaired) electrons. The van der Waals surface area contributed by atoms with Gasteiger partial charge in [-0.2, -0.15) is 10.1 Å². The Morgan fingerprint density at radius 1 is 1.04 bits per heavy atom. The molecule has 0 unspecified atom stereocenters. The Labute approximate surface area is 160 Å². The van der Waals surface area contributed by atoms with E-state index in [0.29, 0.717) is 17.5 Å². The van der Waals surface area contributed by atoms with Crippen LogP contribution in [0.15, 0.2) is 42.9 Å². The molecule has 1 aliphatic heterocycles. The number of hydrogen-bond acceptors (Lipinski definition) is 8. The van der Waals surface area contributed by atoms with Crippen LogP contribution < -0.4 is 15.1 Å². The molecule has 0 spiro atoms. The van der Waals surface area contributed by atoms with Gasteiger partial charge in [-0.1, -0.05) is 11.6 Å². The van der Waals surface area contributed by atoms with Crippen molar-refractivity contribution in [2.24, 2.45) is 0 Å². The maximum absolute atomic E-state index is 13.3. The van der Waals surface area contributed by atoms with Crippen LogP contribution in [0.4, 0.5) is 27.8 Å². The first-order valence-corrected chi connectivity index (χ1v) is 8.75. The van der Waals surface area contributed by atoms with Crippen LogP contribution in [0.25, 0.3) is 0 Å². The van der Waals surface area contributed by atoms with E-state index in [9.17, 15) is 4.39 Å². The Bertz CT molecular complexity index is 918. The fourth-order valence-electron chi connectivity index (χ4n) is 2.79. The monoisotopic (exact) mass is 386 g/mol. The molecule has 0 atom stereocenters. The summed E-state index contributed by atoms with van der Waals surface area (Å²) in [6.45, 7) is 3.09. The van der Waals surface area contributed by atoms with Crippen LogP contribution in [0.5, 0.6) is 0 Å². The largest absolute Gasteiger partial charge is 0.352 e.